The molecule has 3 heterocycles. The predicted molar refractivity (Wildman–Crippen MR) is 117 cm³/mol. The minimum absolute atomic E-state index is 0.162. The number of methoxy groups -OCH3 is 1. The maximum absolute atomic E-state index is 13.5. The molecular weight excluding hydrogens is 421 g/mol. The second-order valence-electron chi connectivity index (χ2n) is 7.97. The molecule has 0 atom stereocenters. The van der Waals surface area contributed by atoms with Crippen molar-refractivity contribution in [1.82, 2.24) is 9.88 Å². The number of carbonyl (C=O) groups excluding carboxylic acids is 1. The number of fused-ring (bicyclic) bond motifs is 1. The largest absolute Gasteiger partial charge is 0.435 e. The molecule has 1 saturated heterocycles. The molecule has 1 N–H and O–H groups in total. The van der Waals surface area contributed by atoms with Crippen molar-refractivity contribution < 1.29 is 22.7 Å². The summed E-state index contributed by atoms with van der Waals surface area (Å²) >= 11 is 0. The Hall–Kier alpha value is -2.91. The number of aromatic nitrogens is 1. The van der Waals surface area contributed by atoms with Crippen LogP contribution in [-0.4, -0.2) is 55.2 Å². The Kier molecular flexibility index (Phi) is 6.21. The van der Waals surface area contributed by atoms with E-state index in [2.05, 4.69) is 21.8 Å². The van der Waals surface area contributed by atoms with Gasteiger partial charge in [-0.15, -0.1) is 0 Å². The van der Waals surface area contributed by atoms with Gasteiger partial charge in [-0.1, -0.05) is 6.58 Å². The van der Waals surface area contributed by atoms with Gasteiger partial charge in [0.25, 0.3) is 5.91 Å². The van der Waals surface area contributed by atoms with E-state index >= 15 is 0 Å². The molecule has 0 saturated carbocycles. The Morgan fingerprint density at radius 1 is 1.22 bits per heavy atom. The number of hydrogen-bond donors (Lipinski definition) is 1. The fourth-order valence-corrected chi connectivity index (χ4v) is 4.21. The minimum atomic E-state index is -4.68. The van der Waals surface area contributed by atoms with Crippen LogP contribution in [0, 0.1) is 0 Å². The second kappa shape index (κ2) is 8.91. The molecule has 0 aliphatic carbocycles. The maximum atomic E-state index is 13.5. The number of anilines is 3. The van der Waals surface area contributed by atoms with Crippen LogP contribution in [0.2, 0.25) is 0 Å². The summed E-state index contributed by atoms with van der Waals surface area (Å²) in [5, 5.41) is 3.49. The highest BCUT2D eigenvalue weighted by atomic mass is 19.4. The molecule has 0 radical (unpaired) electrons. The smallest absolute Gasteiger partial charge is 0.383 e. The molecule has 2 aliphatic heterocycles. The van der Waals surface area contributed by atoms with E-state index in [1.54, 1.807) is 25.3 Å². The topological polar surface area (TPSA) is 57.7 Å². The van der Waals surface area contributed by atoms with E-state index < -0.39 is 17.8 Å². The SMILES string of the molecule is C=C1C(=O)N(c2cccnc2C(F)(F)F)c2ccc(NC3CCN(CCOC)CC3)cc21. The standard InChI is InChI=1S/C23H25F3N4O2/c1-15-18-14-17(28-16-7-10-29(11-8-16)12-13-32-2)5-6-19(18)30(22(15)31)20-4-3-9-27-21(20)23(24,25)26/h3-6,9,14,16,28H,1,7-8,10-13H2,2H3. The molecule has 1 fully saturated rings. The number of amides is 1. The van der Waals surface area contributed by atoms with Crippen LogP contribution in [0.1, 0.15) is 24.1 Å². The number of halogens is 3. The first-order valence-corrected chi connectivity index (χ1v) is 10.5. The van der Waals surface area contributed by atoms with Gasteiger partial charge in [0.05, 0.1) is 18.0 Å². The summed E-state index contributed by atoms with van der Waals surface area (Å²) in [7, 11) is 1.69. The number of rotatable bonds is 6. The molecule has 2 aliphatic rings. The van der Waals surface area contributed by atoms with Crippen molar-refractivity contribution in [2.24, 2.45) is 0 Å². The molecule has 2 aromatic rings. The Morgan fingerprint density at radius 3 is 2.66 bits per heavy atom. The van der Waals surface area contributed by atoms with E-state index in [-0.39, 0.29) is 17.3 Å². The highest BCUT2D eigenvalue weighted by Crippen LogP contribution is 2.45. The highest BCUT2D eigenvalue weighted by molar-refractivity contribution is 6.34. The van der Waals surface area contributed by atoms with E-state index in [9.17, 15) is 18.0 Å². The van der Waals surface area contributed by atoms with Crippen molar-refractivity contribution in [3.8, 4) is 0 Å². The highest BCUT2D eigenvalue weighted by Gasteiger charge is 2.41. The first-order valence-electron chi connectivity index (χ1n) is 10.5. The third-order valence-corrected chi connectivity index (χ3v) is 5.89. The molecule has 1 amide bonds. The van der Waals surface area contributed by atoms with Crippen molar-refractivity contribution in [3.63, 3.8) is 0 Å². The lowest BCUT2D eigenvalue weighted by Gasteiger charge is -2.32. The molecule has 4 rings (SSSR count). The first-order chi connectivity index (χ1) is 15.3. The molecular formula is C23H25F3N4O2. The summed E-state index contributed by atoms with van der Waals surface area (Å²) in [4.78, 5) is 19.7. The fourth-order valence-electron chi connectivity index (χ4n) is 4.21. The Bertz CT molecular complexity index is 1020. The van der Waals surface area contributed by atoms with Crippen molar-refractivity contribution in [2.75, 3.05) is 43.6 Å². The van der Waals surface area contributed by atoms with Gasteiger partial charge in [0.2, 0.25) is 0 Å². The van der Waals surface area contributed by atoms with Crippen LogP contribution in [0.3, 0.4) is 0 Å². The van der Waals surface area contributed by atoms with Gasteiger partial charge >= 0.3 is 6.18 Å². The number of pyridine rings is 1. The molecule has 0 unspecified atom stereocenters. The number of likely N-dealkylation sites (tertiary alicyclic amines) is 1. The Morgan fingerprint density at radius 2 is 1.97 bits per heavy atom. The van der Waals surface area contributed by atoms with Crippen LogP contribution in [0.5, 0.6) is 0 Å². The molecule has 0 spiro atoms. The normalized spacial score (nSPS) is 17.7. The van der Waals surface area contributed by atoms with Gasteiger partial charge in [0.15, 0.2) is 5.69 Å². The number of ether oxygens (including phenoxy) is 1. The zero-order valence-corrected chi connectivity index (χ0v) is 17.8. The van der Waals surface area contributed by atoms with Crippen LogP contribution in [0.4, 0.5) is 30.2 Å². The lowest BCUT2D eigenvalue weighted by molar-refractivity contribution is -0.140. The van der Waals surface area contributed by atoms with Crippen molar-refractivity contribution >= 4 is 28.5 Å². The summed E-state index contributed by atoms with van der Waals surface area (Å²) in [6, 6.07) is 8.15. The number of carbonyl (C=O) groups is 1. The summed E-state index contributed by atoms with van der Waals surface area (Å²) in [5.41, 5.74) is 0.477. The number of nitrogens with zero attached hydrogens (tertiary/aromatic N) is 3. The summed E-state index contributed by atoms with van der Waals surface area (Å²) in [6.07, 6.45) is -1.67. The van der Waals surface area contributed by atoms with E-state index in [1.807, 2.05) is 0 Å². The number of alkyl halides is 3. The van der Waals surface area contributed by atoms with E-state index in [1.165, 1.54) is 12.1 Å². The van der Waals surface area contributed by atoms with Gasteiger partial charge in [-0.2, -0.15) is 13.2 Å². The molecule has 0 bridgehead atoms. The number of piperidine rings is 1. The number of nitrogens with one attached hydrogen (secondary N) is 1. The minimum Gasteiger partial charge on any atom is -0.383 e. The number of benzene rings is 1. The fraction of sp³-hybridized carbons (Fsp3) is 0.391. The van der Waals surface area contributed by atoms with Crippen molar-refractivity contribution in [2.45, 2.75) is 25.1 Å². The monoisotopic (exact) mass is 446 g/mol. The van der Waals surface area contributed by atoms with Gasteiger partial charge in [-0.25, -0.2) is 4.98 Å². The van der Waals surface area contributed by atoms with Gasteiger partial charge in [-0.3, -0.25) is 9.69 Å². The molecule has 1 aromatic carbocycles. The van der Waals surface area contributed by atoms with Crippen LogP contribution in [0.25, 0.3) is 5.57 Å². The van der Waals surface area contributed by atoms with E-state index in [4.69, 9.17) is 4.74 Å². The maximum Gasteiger partial charge on any atom is 0.435 e. The first kappa shape index (κ1) is 22.3. The third-order valence-electron chi connectivity index (χ3n) is 5.89. The Labute approximate surface area is 184 Å². The molecule has 9 heteroatoms. The van der Waals surface area contributed by atoms with E-state index in [0.717, 1.165) is 49.3 Å². The van der Waals surface area contributed by atoms with E-state index in [0.29, 0.717) is 17.9 Å². The number of hydrogen-bond acceptors (Lipinski definition) is 5. The summed E-state index contributed by atoms with van der Waals surface area (Å²) in [5.74, 6) is -0.581. The average Bonchev–Trinajstić information content (AvgIpc) is 3.02. The summed E-state index contributed by atoms with van der Waals surface area (Å²) < 4.78 is 45.6. The quantitative estimate of drug-likeness (QED) is 0.670. The molecule has 170 valence electrons. The molecule has 1 aromatic heterocycles. The zero-order chi connectivity index (χ0) is 22.9. The third kappa shape index (κ3) is 4.35. The van der Waals surface area contributed by atoms with Gasteiger partial charge in [0, 0.05) is 55.8 Å². The van der Waals surface area contributed by atoms with Crippen LogP contribution < -0.4 is 10.2 Å². The average molecular weight is 446 g/mol. The lowest BCUT2D eigenvalue weighted by atomic mass is 10.0. The lowest BCUT2D eigenvalue weighted by Crippen LogP contribution is -2.40. The van der Waals surface area contributed by atoms with Crippen LogP contribution in [-0.2, 0) is 15.7 Å². The zero-order valence-electron chi connectivity index (χ0n) is 17.8. The van der Waals surface area contributed by atoms with Gasteiger partial charge < -0.3 is 15.0 Å². The Balaban J connectivity index is 1.54. The predicted octanol–water partition coefficient (Wildman–Crippen LogP) is 4.31. The summed E-state index contributed by atoms with van der Waals surface area (Å²) in [6.45, 7) is 7.38. The van der Waals surface area contributed by atoms with Crippen LogP contribution in [0.15, 0.2) is 43.1 Å². The second-order valence-corrected chi connectivity index (χ2v) is 7.97. The molecule has 32 heavy (non-hydrogen) atoms. The van der Waals surface area contributed by atoms with Crippen LogP contribution >= 0.6 is 0 Å². The van der Waals surface area contributed by atoms with Crippen molar-refractivity contribution in [3.05, 3.63) is 54.4 Å². The van der Waals surface area contributed by atoms with Gasteiger partial charge in [0.1, 0.15) is 0 Å². The van der Waals surface area contributed by atoms with Crippen molar-refractivity contribution in [1.29, 1.82) is 0 Å². The molecule has 6 nitrogen and oxygen atoms in total. The van der Waals surface area contributed by atoms with Gasteiger partial charge in [-0.05, 0) is 43.2 Å².